The van der Waals surface area contributed by atoms with E-state index in [-0.39, 0.29) is 0 Å². The smallest absolute Gasteiger partial charge is 0.0868 e. The van der Waals surface area contributed by atoms with Crippen molar-refractivity contribution in [3.05, 3.63) is 35.4 Å². The van der Waals surface area contributed by atoms with Gasteiger partial charge in [-0.15, -0.1) is 0 Å². The maximum absolute atomic E-state index is 10.5. The van der Waals surface area contributed by atoms with Crippen molar-refractivity contribution in [2.45, 2.75) is 59.5 Å². The Morgan fingerprint density at radius 2 is 1.47 bits per heavy atom. The Balaban J connectivity index is 2.59. The lowest BCUT2D eigenvalue weighted by atomic mass is 9.84. The molecule has 1 heteroatoms. The van der Waals surface area contributed by atoms with Gasteiger partial charge in [-0.25, -0.2) is 0 Å². The van der Waals surface area contributed by atoms with Crippen molar-refractivity contribution in [2.75, 3.05) is 0 Å². The third-order valence-corrected chi connectivity index (χ3v) is 3.26. The minimum Gasteiger partial charge on any atom is -0.385 e. The Morgan fingerprint density at radius 1 is 0.941 bits per heavy atom. The van der Waals surface area contributed by atoms with Gasteiger partial charge < -0.3 is 5.11 Å². The van der Waals surface area contributed by atoms with Gasteiger partial charge in [-0.3, -0.25) is 0 Å². The molecule has 0 aliphatic carbocycles. The fourth-order valence-corrected chi connectivity index (χ4v) is 2.02. The number of aliphatic hydroxyl groups is 1. The molecule has 1 nitrogen and oxygen atoms in total. The quantitative estimate of drug-likeness (QED) is 0.817. The van der Waals surface area contributed by atoms with Crippen molar-refractivity contribution in [3.8, 4) is 0 Å². The van der Waals surface area contributed by atoms with Gasteiger partial charge in [0.1, 0.15) is 0 Å². The van der Waals surface area contributed by atoms with E-state index in [2.05, 4.69) is 39.8 Å². The van der Waals surface area contributed by atoms with Crippen LogP contribution >= 0.6 is 0 Å². The van der Waals surface area contributed by atoms with Crippen LogP contribution in [-0.2, 0) is 5.60 Å². The molecule has 17 heavy (non-hydrogen) atoms. The van der Waals surface area contributed by atoms with Crippen LogP contribution in [-0.4, -0.2) is 5.11 Å². The van der Waals surface area contributed by atoms with E-state index in [0.29, 0.717) is 5.41 Å². The summed E-state index contributed by atoms with van der Waals surface area (Å²) in [4.78, 5) is 0. The number of benzene rings is 1. The summed E-state index contributed by atoms with van der Waals surface area (Å²) in [5, 5.41) is 10.5. The summed E-state index contributed by atoms with van der Waals surface area (Å²) in [7, 11) is 0. The lowest BCUT2D eigenvalue weighted by Crippen LogP contribution is -2.21. The molecule has 1 aromatic carbocycles. The number of hydrogen-bond acceptors (Lipinski definition) is 1. The minimum atomic E-state index is -0.695. The van der Waals surface area contributed by atoms with Crippen LogP contribution in [0.15, 0.2) is 24.3 Å². The highest BCUT2D eigenvalue weighted by Gasteiger charge is 2.23. The molecule has 0 aromatic heterocycles. The van der Waals surface area contributed by atoms with Crippen molar-refractivity contribution < 1.29 is 5.11 Å². The van der Waals surface area contributed by atoms with Gasteiger partial charge in [0.15, 0.2) is 0 Å². The first-order valence-electron chi connectivity index (χ1n) is 6.50. The Labute approximate surface area is 106 Å². The Morgan fingerprint density at radius 3 is 1.94 bits per heavy atom. The molecule has 0 fully saturated rings. The van der Waals surface area contributed by atoms with Crippen molar-refractivity contribution in [1.29, 1.82) is 0 Å². The summed E-state index contributed by atoms with van der Waals surface area (Å²) < 4.78 is 0. The molecule has 0 radical (unpaired) electrons. The van der Waals surface area contributed by atoms with Gasteiger partial charge in [-0.05, 0) is 44.1 Å². The molecule has 1 rings (SSSR count). The monoisotopic (exact) mass is 234 g/mol. The minimum absolute atomic E-state index is 0.351. The van der Waals surface area contributed by atoms with E-state index in [0.717, 1.165) is 24.8 Å². The van der Waals surface area contributed by atoms with Crippen molar-refractivity contribution in [2.24, 2.45) is 5.41 Å². The van der Waals surface area contributed by atoms with Gasteiger partial charge in [0.05, 0.1) is 5.60 Å². The molecule has 1 atom stereocenters. The first-order chi connectivity index (χ1) is 7.71. The van der Waals surface area contributed by atoms with Gasteiger partial charge in [0, 0.05) is 0 Å². The van der Waals surface area contributed by atoms with E-state index in [9.17, 15) is 5.11 Å². The summed E-state index contributed by atoms with van der Waals surface area (Å²) in [6, 6.07) is 8.19. The van der Waals surface area contributed by atoms with Gasteiger partial charge in [0.25, 0.3) is 0 Å². The molecule has 1 unspecified atom stereocenters. The second-order valence-electron chi connectivity index (χ2n) is 6.55. The molecule has 0 amide bonds. The van der Waals surface area contributed by atoms with Crippen LogP contribution in [0.2, 0.25) is 0 Å². The molecule has 0 heterocycles. The van der Waals surface area contributed by atoms with E-state index in [4.69, 9.17) is 0 Å². The Kier molecular flexibility index (Phi) is 4.37. The molecule has 0 aliphatic heterocycles. The average molecular weight is 234 g/mol. The summed E-state index contributed by atoms with van der Waals surface area (Å²) in [6.07, 6.45) is 3.03. The highest BCUT2D eigenvalue weighted by Crippen LogP contribution is 2.30. The fraction of sp³-hybridized carbons (Fsp3) is 0.625. The maximum atomic E-state index is 10.5. The first kappa shape index (κ1) is 14.2. The topological polar surface area (TPSA) is 20.2 Å². The molecule has 0 saturated heterocycles. The predicted octanol–water partition coefficient (Wildman–Crippen LogP) is 4.42. The van der Waals surface area contributed by atoms with Crippen molar-refractivity contribution in [1.82, 2.24) is 0 Å². The van der Waals surface area contributed by atoms with Gasteiger partial charge in [0.2, 0.25) is 0 Å². The van der Waals surface area contributed by atoms with Crippen LogP contribution in [0.3, 0.4) is 0 Å². The zero-order valence-electron chi connectivity index (χ0n) is 11.9. The number of aryl methyl sites for hydroxylation is 1. The number of rotatable bonds is 4. The summed E-state index contributed by atoms with van der Waals surface area (Å²) in [5.74, 6) is 0. The van der Waals surface area contributed by atoms with Gasteiger partial charge in [-0.1, -0.05) is 50.6 Å². The second-order valence-corrected chi connectivity index (χ2v) is 6.55. The summed E-state index contributed by atoms with van der Waals surface area (Å²) >= 11 is 0. The summed E-state index contributed by atoms with van der Waals surface area (Å²) in [5.41, 5.74) is 1.92. The predicted molar refractivity (Wildman–Crippen MR) is 74.1 cm³/mol. The zero-order valence-corrected chi connectivity index (χ0v) is 11.9. The molecule has 1 N–H and O–H groups in total. The Bertz CT molecular complexity index is 341. The van der Waals surface area contributed by atoms with E-state index in [1.54, 1.807) is 0 Å². The van der Waals surface area contributed by atoms with Crippen LogP contribution in [0.4, 0.5) is 0 Å². The van der Waals surface area contributed by atoms with E-state index < -0.39 is 5.60 Å². The van der Waals surface area contributed by atoms with Gasteiger partial charge >= 0.3 is 0 Å². The Hall–Kier alpha value is -0.820. The lowest BCUT2D eigenvalue weighted by molar-refractivity contribution is 0.0424. The molecular formula is C16H26O. The third kappa shape index (κ3) is 4.91. The summed E-state index contributed by atoms with van der Waals surface area (Å²) in [6.45, 7) is 10.7. The normalized spacial score (nSPS) is 15.6. The van der Waals surface area contributed by atoms with E-state index in [1.807, 2.05) is 19.1 Å². The molecule has 0 bridgehead atoms. The molecule has 0 aliphatic rings. The zero-order chi connectivity index (χ0) is 13.1. The highest BCUT2D eigenvalue weighted by molar-refractivity contribution is 5.25. The van der Waals surface area contributed by atoms with Crippen molar-refractivity contribution >= 4 is 0 Å². The number of hydrogen-bond donors (Lipinski definition) is 1. The molecular weight excluding hydrogens is 208 g/mol. The standard InChI is InChI=1S/C16H26O/c1-13-7-9-14(10-8-13)16(5,17)12-6-11-15(2,3)4/h7-10,17H,6,11-12H2,1-5H3. The molecule has 1 aromatic rings. The molecule has 96 valence electrons. The van der Waals surface area contributed by atoms with Gasteiger partial charge in [-0.2, -0.15) is 0 Å². The first-order valence-corrected chi connectivity index (χ1v) is 6.50. The second kappa shape index (κ2) is 5.22. The lowest BCUT2D eigenvalue weighted by Gasteiger charge is -2.26. The van der Waals surface area contributed by atoms with Crippen molar-refractivity contribution in [3.63, 3.8) is 0 Å². The van der Waals surface area contributed by atoms with Crippen LogP contribution in [0.1, 0.15) is 58.1 Å². The van der Waals surface area contributed by atoms with Crippen LogP contribution < -0.4 is 0 Å². The maximum Gasteiger partial charge on any atom is 0.0868 e. The van der Waals surface area contributed by atoms with Crippen LogP contribution in [0.25, 0.3) is 0 Å². The van der Waals surface area contributed by atoms with Crippen LogP contribution in [0.5, 0.6) is 0 Å². The van der Waals surface area contributed by atoms with Crippen LogP contribution in [0, 0.1) is 12.3 Å². The highest BCUT2D eigenvalue weighted by atomic mass is 16.3. The SMILES string of the molecule is Cc1ccc(C(C)(O)CCCC(C)(C)C)cc1. The van der Waals surface area contributed by atoms with E-state index in [1.165, 1.54) is 5.56 Å². The largest absolute Gasteiger partial charge is 0.385 e. The average Bonchev–Trinajstić information content (AvgIpc) is 2.15. The van der Waals surface area contributed by atoms with E-state index >= 15 is 0 Å². The fourth-order valence-electron chi connectivity index (χ4n) is 2.02. The third-order valence-electron chi connectivity index (χ3n) is 3.26. The molecule has 0 spiro atoms. The molecule has 0 saturated carbocycles.